The third-order valence-electron chi connectivity index (χ3n) is 3.71. The van der Waals surface area contributed by atoms with Crippen molar-refractivity contribution in [2.75, 3.05) is 6.61 Å². The van der Waals surface area contributed by atoms with Crippen LogP contribution in [0.25, 0.3) is 0 Å². The fourth-order valence-electron chi connectivity index (χ4n) is 2.40. The van der Waals surface area contributed by atoms with E-state index in [-0.39, 0.29) is 12.5 Å². The van der Waals surface area contributed by atoms with Crippen molar-refractivity contribution in [2.45, 2.75) is 19.3 Å². The smallest absolute Gasteiger partial charge is 0.416 e. The molecule has 0 fully saturated rings. The lowest BCUT2D eigenvalue weighted by Gasteiger charge is -2.19. The van der Waals surface area contributed by atoms with E-state index in [1.54, 1.807) is 24.3 Å². The third-order valence-corrected chi connectivity index (χ3v) is 3.96. The van der Waals surface area contributed by atoms with Gasteiger partial charge in [-0.25, -0.2) is 0 Å². The number of nitrogens with zero attached hydrogens (tertiary/aromatic N) is 2. The summed E-state index contributed by atoms with van der Waals surface area (Å²) >= 11 is 5.80. The summed E-state index contributed by atoms with van der Waals surface area (Å²) in [7, 11) is 0. The minimum absolute atomic E-state index is 0.0530. The largest absolute Gasteiger partial charge is 0.484 e. The van der Waals surface area contributed by atoms with Crippen molar-refractivity contribution in [3.05, 3.63) is 64.7 Å². The highest BCUT2D eigenvalue weighted by molar-refractivity contribution is 6.30. The molecule has 1 amide bonds. The maximum Gasteiger partial charge on any atom is 0.416 e. The molecule has 142 valence electrons. The standard InChI is InChI=1S/C18H14ClF3N2O3/c1-11(25)24-17(12-2-4-13(5-3-12)18(20,21)22)27-16(23-24)10-26-15-8-6-14(19)7-9-15/h2-9,17H,10H2,1H3. The normalized spacial score (nSPS) is 16.7. The Morgan fingerprint density at radius 1 is 1.19 bits per heavy atom. The van der Waals surface area contributed by atoms with E-state index in [0.29, 0.717) is 16.3 Å². The molecule has 2 aromatic carbocycles. The van der Waals surface area contributed by atoms with E-state index in [2.05, 4.69) is 5.10 Å². The molecule has 27 heavy (non-hydrogen) atoms. The maximum atomic E-state index is 12.7. The molecule has 1 heterocycles. The summed E-state index contributed by atoms with van der Waals surface area (Å²) < 4.78 is 49.3. The van der Waals surface area contributed by atoms with Gasteiger partial charge in [-0.1, -0.05) is 23.7 Å². The second-order valence-corrected chi connectivity index (χ2v) is 6.13. The molecule has 5 nitrogen and oxygen atoms in total. The van der Waals surface area contributed by atoms with Crippen LogP contribution in [0.1, 0.15) is 24.3 Å². The van der Waals surface area contributed by atoms with Gasteiger partial charge in [0.2, 0.25) is 18.0 Å². The number of hydrazone groups is 1. The van der Waals surface area contributed by atoms with Crippen LogP contribution in [0.3, 0.4) is 0 Å². The topological polar surface area (TPSA) is 51.1 Å². The van der Waals surface area contributed by atoms with Gasteiger partial charge in [0.15, 0.2) is 6.61 Å². The number of halogens is 4. The van der Waals surface area contributed by atoms with Crippen LogP contribution in [0.2, 0.25) is 5.02 Å². The van der Waals surface area contributed by atoms with Crippen LogP contribution in [0, 0.1) is 0 Å². The molecule has 3 rings (SSSR count). The number of benzene rings is 2. The highest BCUT2D eigenvalue weighted by atomic mass is 35.5. The first-order valence-corrected chi connectivity index (χ1v) is 8.21. The molecular formula is C18H14ClF3N2O3. The summed E-state index contributed by atoms with van der Waals surface area (Å²) in [5.74, 6) is 0.240. The van der Waals surface area contributed by atoms with E-state index in [0.717, 1.165) is 17.1 Å². The predicted octanol–water partition coefficient (Wildman–Crippen LogP) is 4.63. The highest BCUT2D eigenvalue weighted by Gasteiger charge is 2.34. The van der Waals surface area contributed by atoms with Crippen molar-refractivity contribution in [1.82, 2.24) is 5.01 Å². The van der Waals surface area contributed by atoms with Gasteiger partial charge in [0, 0.05) is 17.5 Å². The van der Waals surface area contributed by atoms with Gasteiger partial charge in [-0.15, -0.1) is 5.10 Å². The van der Waals surface area contributed by atoms with Gasteiger partial charge >= 0.3 is 6.18 Å². The summed E-state index contributed by atoms with van der Waals surface area (Å²) in [6.45, 7) is 1.23. The second-order valence-electron chi connectivity index (χ2n) is 5.69. The minimum Gasteiger partial charge on any atom is -0.484 e. The van der Waals surface area contributed by atoms with E-state index in [9.17, 15) is 18.0 Å². The predicted molar refractivity (Wildman–Crippen MR) is 92.2 cm³/mol. The number of amides is 1. The first-order chi connectivity index (χ1) is 12.7. The Kier molecular flexibility index (Phi) is 5.27. The second kappa shape index (κ2) is 7.48. The molecule has 0 aliphatic carbocycles. The lowest BCUT2D eigenvalue weighted by molar-refractivity contribution is -0.138. The fourth-order valence-corrected chi connectivity index (χ4v) is 2.52. The lowest BCUT2D eigenvalue weighted by atomic mass is 10.1. The Morgan fingerprint density at radius 3 is 2.37 bits per heavy atom. The molecule has 0 aromatic heterocycles. The van der Waals surface area contributed by atoms with Crippen molar-refractivity contribution < 1.29 is 27.4 Å². The molecule has 0 saturated carbocycles. The Labute approximate surface area is 157 Å². The maximum absolute atomic E-state index is 12.7. The summed E-state index contributed by atoms with van der Waals surface area (Å²) in [6, 6.07) is 11.0. The Bertz CT molecular complexity index is 852. The number of hydrogen-bond donors (Lipinski definition) is 0. The van der Waals surface area contributed by atoms with Crippen LogP contribution >= 0.6 is 11.6 Å². The quantitative estimate of drug-likeness (QED) is 0.754. The van der Waals surface area contributed by atoms with Gasteiger partial charge in [0.25, 0.3) is 0 Å². The van der Waals surface area contributed by atoms with Crippen LogP contribution < -0.4 is 4.74 Å². The molecule has 1 unspecified atom stereocenters. The average molecular weight is 399 g/mol. The van der Waals surface area contributed by atoms with Gasteiger partial charge in [-0.05, 0) is 36.4 Å². The van der Waals surface area contributed by atoms with Crippen LogP contribution in [-0.2, 0) is 15.7 Å². The molecule has 9 heteroatoms. The fraction of sp³-hybridized carbons (Fsp3) is 0.222. The lowest BCUT2D eigenvalue weighted by Crippen LogP contribution is -2.25. The van der Waals surface area contributed by atoms with Gasteiger partial charge in [0.1, 0.15) is 5.75 Å². The summed E-state index contributed by atoms with van der Waals surface area (Å²) in [5.41, 5.74) is -0.422. The van der Waals surface area contributed by atoms with E-state index in [1.165, 1.54) is 19.1 Å². The summed E-state index contributed by atoms with van der Waals surface area (Å²) in [5, 5.41) is 5.67. The zero-order chi connectivity index (χ0) is 19.6. The van der Waals surface area contributed by atoms with E-state index in [4.69, 9.17) is 21.1 Å². The molecule has 0 spiro atoms. The molecule has 0 radical (unpaired) electrons. The zero-order valence-electron chi connectivity index (χ0n) is 14.0. The molecule has 0 saturated heterocycles. The molecule has 2 aromatic rings. The first kappa shape index (κ1) is 19.0. The Hall–Kier alpha value is -2.74. The number of alkyl halides is 3. The molecule has 0 N–H and O–H groups in total. The van der Waals surface area contributed by atoms with Crippen molar-refractivity contribution in [3.63, 3.8) is 0 Å². The number of carbonyl (C=O) groups excluding carboxylic acids is 1. The van der Waals surface area contributed by atoms with Crippen molar-refractivity contribution >= 4 is 23.4 Å². The van der Waals surface area contributed by atoms with Crippen LogP contribution in [0.5, 0.6) is 5.75 Å². The number of ether oxygens (including phenoxy) is 2. The van der Waals surface area contributed by atoms with Gasteiger partial charge < -0.3 is 9.47 Å². The van der Waals surface area contributed by atoms with E-state index >= 15 is 0 Å². The monoisotopic (exact) mass is 398 g/mol. The molecule has 1 aliphatic rings. The zero-order valence-corrected chi connectivity index (χ0v) is 14.8. The third kappa shape index (κ3) is 4.51. The molecule has 1 aliphatic heterocycles. The summed E-state index contributed by atoms with van der Waals surface area (Å²) in [4.78, 5) is 11.8. The molecular weight excluding hydrogens is 385 g/mol. The van der Waals surface area contributed by atoms with Crippen LogP contribution in [0.4, 0.5) is 13.2 Å². The van der Waals surface area contributed by atoms with Gasteiger partial charge in [-0.3, -0.25) is 4.79 Å². The first-order valence-electron chi connectivity index (χ1n) is 7.83. The minimum atomic E-state index is -4.44. The van der Waals surface area contributed by atoms with Crippen LogP contribution in [0.15, 0.2) is 53.6 Å². The average Bonchev–Trinajstić information content (AvgIpc) is 3.05. The van der Waals surface area contributed by atoms with Crippen molar-refractivity contribution in [3.8, 4) is 5.75 Å². The van der Waals surface area contributed by atoms with Crippen molar-refractivity contribution in [1.29, 1.82) is 0 Å². The van der Waals surface area contributed by atoms with E-state index in [1.807, 2.05) is 0 Å². The van der Waals surface area contributed by atoms with Crippen LogP contribution in [-0.4, -0.2) is 23.4 Å². The highest BCUT2D eigenvalue weighted by Crippen LogP contribution is 2.33. The summed E-state index contributed by atoms with van der Waals surface area (Å²) in [6.07, 6.45) is -5.39. The molecule has 1 atom stereocenters. The Morgan fingerprint density at radius 2 is 1.81 bits per heavy atom. The molecule has 0 bridgehead atoms. The number of rotatable bonds is 4. The Balaban J connectivity index is 1.72. The SMILES string of the molecule is CC(=O)N1N=C(COc2ccc(Cl)cc2)OC1c1ccc(C(F)(F)F)cc1. The van der Waals surface area contributed by atoms with E-state index < -0.39 is 23.9 Å². The van der Waals surface area contributed by atoms with Crippen molar-refractivity contribution in [2.24, 2.45) is 5.10 Å². The number of carbonyl (C=O) groups is 1. The van der Waals surface area contributed by atoms with Gasteiger partial charge in [0.05, 0.1) is 5.56 Å². The van der Waals surface area contributed by atoms with Gasteiger partial charge in [-0.2, -0.15) is 18.2 Å². The number of hydrogen-bond acceptors (Lipinski definition) is 4.